The Morgan fingerprint density at radius 2 is 0.467 bits per heavy atom. The Bertz CT molecular complexity index is 2670. The highest BCUT2D eigenvalue weighted by atomic mass is 31.2. The molecule has 0 fully saturated rings. The largest absolute Gasteiger partial charge is 0.472 e. The lowest BCUT2D eigenvalue weighted by molar-refractivity contribution is -0.161. The fourth-order valence-electron chi connectivity index (χ4n) is 10.5. The number of aliphatic hydroxyl groups excluding tert-OH is 2. The van der Waals surface area contributed by atoms with E-state index in [4.69, 9.17) is 32.3 Å². The summed E-state index contributed by atoms with van der Waals surface area (Å²) in [4.78, 5) is 58.8. The SMILES string of the molecule is CC/C=C\C/C=C\C/C=C\C/C=C\C/C=C\C/C=C\CCCCCCCCCCC(=O)OCC(O)COP(=O)(O)OCC(O)COP(=O)(O)OCC(COC(=O)CCCCCCCCCCC/C=C\C/C=C\C/C=C\C/C=C\C/C=C\CC)OC(=O)CCCCCCCC/C=C\C/C=C\C/C=C\C/C=C\CC. The van der Waals surface area contributed by atoms with E-state index < -0.39 is 91.5 Å². The maximum absolute atomic E-state index is 13.0. The predicted molar refractivity (Wildman–Crippen MR) is 445 cm³/mol. The zero-order chi connectivity index (χ0) is 78.0. The van der Waals surface area contributed by atoms with Gasteiger partial charge < -0.3 is 34.2 Å². The van der Waals surface area contributed by atoms with Crippen LogP contribution in [0.3, 0.4) is 0 Å². The van der Waals surface area contributed by atoms with Crippen LogP contribution in [0.4, 0.5) is 0 Å². The van der Waals surface area contributed by atoms with Crippen LogP contribution in [-0.4, -0.2) is 95.9 Å². The van der Waals surface area contributed by atoms with E-state index in [1.807, 2.05) is 0 Å². The molecule has 0 aromatic carbocycles. The van der Waals surface area contributed by atoms with Crippen LogP contribution in [0.25, 0.3) is 0 Å². The second-order valence-corrected chi connectivity index (χ2v) is 29.7. The Hall–Kier alpha value is -5.35. The molecule has 0 saturated carbocycles. The molecule has 16 nitrogen and oxygen atoms in total. The molecule has 0 spiro atoms. The summed E-state index contributed by atoms with van der Waals surface area (Å²) in [5, 5.41) is 20.7. The Morgan fingerprint density at radius 1 is 0.262 bits per heavy atom. The number of esters is 3. The molecule has 0 amide bonds. The first-order chi connectivity index (χ1) is 52.2. The molecule has 0 aliphatic carbocycles. The van der Waals surface area contributed by atoms with E-state index in [1.165, 1.54) is 44.9 Å². The molecule has 18 heteroatoms. The van der Waals surface area contributed by atoms with Gasteiger partial charge in [0.15, 0.2) is 6.10 Å². The summed E-state index contributed by atoms with van der Waals surface area (Å²) in [5.41, 5.74) is 0. The summed E-state index contributed by atoms with van der Waals surface area (Å²) < 4.78 is 61.3. The molecule has 0 aromatic heterocycles. The number of hydrogen-bond acceptors (Lipinski definition) is 14. The fourth-order valence-corrected chi connectivity index (χ4v) is 12.1. The van der Waals surface area contributed by atoms with Crippen molar-refractivity contribution in [1.29, 1.82) is 0 Å². The highest BCUT2D eigenvalue weighted by Crippen LogP contribution is 2.45. The molecule has 0 aliphatic rings. The van der Waals surface area contributed by atoms with E-state index >= 15 is 0 Å². The molecule has 0 heterocycles. The monoisotopic (exact) mass is 1530 g/mol. The van der Waals surface area contributed by atoms with Gasteiger partial charge in [-0.1, -0.05) is 312 Å². The van der Waals surface area contributed by atoms with Gasteiger partial charge >= 0.3 is 33.6 Å². The zero-order valence-corrected chi connectivity index (χ0v) is 68.3. The Morgan fingerprint density at radius 3 is 0.738 bits per heavy atom. The lowest BCUT2D eigenvalue weighted by Gasteiger charge is -2.21. The summed E-state index contributed by atoms with van der Waals surface area (Å²) in [6, 6.07) is 0. The summed E-state index contributed by atoms with van der Waals surface area (Å²) in [5.74, 6) is -1.61. The van der Waals surface area contributed by atoms with Gasteiger partial charge in [-0.25, -0.2) is 9.13 Å². The second kappa shape index (κ2) is 80.2. The summed E-state index contributed by atoms with van der Waals surface area (Å²) in [7, 11) is -9.82. The Kier molecular flexibility index (Phi) is 76.2. The van der Waals surface area contributed by atoms with Gasteiger partial charge in [-0.05, 0) is 154 Å². The van der Waals surface area contributed by atoms with Gasteiger partial charge in [0.2, 0.25) is 0 Å². The highest BCUT2D eigenvalue weighted by Gasteiger charge is 2.29. The van der Waals surface area contributed by atoms with E-state index in [0.29, 0.717) is 19.3 Å². The molecule has 0 aliphatic heterocycles. The van der Waals surface area contributed by atoms with Crippen molar-refractivity contribution >= 4 is 33.6 Å². The minimum absolute atomic E-state index is 0.0805. The van der Waals surface area contributed by atoms with Gasteiger partial charge in [0.1, 0.15) is 25.4 Å². The van der Waals surface area contributed by atoms with Gasteiger partial charge in [-0.2, -0.15) is 0 Å². The minimum atomic E-state index is -4.95. The van der Waals surface area contributed by atoms with Crippen LogP contribution in [0.15, 0.2) is 182 Å². The van der Waals surface area contributed by atoms with Crippen molar-refractivity contribution in [3.8, 4) is 0 Å². The molecule has 107 heavy (non-hydrogen) atoms. The maximum Gasteiger partial charge on any atom is 0.472 e. The van der Waals surface area contributed by atoms with Crippen LogP contribution < -0.4 is 0 Å². The first-order valence-electron chi connectivity index (χ1n) is 41.1. The molecule has 0 bridgehead atoms. The van der Waals surface area contributed by atoms with E-state index in [2.05, 4.69) is 203 Å². The van der Waals surface area contributed by atoms with E-state index in [1.54, 1.807) is 0 Å². The van der Waals surface area contributed by atoms with Gasteiger partial charge in [0.05, 0.1) is 26.4 Å². The minimum Gasteiger partial charge on any atom is -0.463 e. The van der Waals surface area contributed by atoms with Crippen LogP contribution in [-0.2, 0) is 55.8 Å². The normalized spacial score (nSPS) is 14.9. The number of carbonyl (C=O) groups is 3. The van der Waals surface area contributed by atoms with Crippen LogP contribution in [0.2, 0.25) is 0 Å². The summed E-state index contributed by atoms with van der Waals surface area (Å²) >= 11 is 0. The molecule has 0 aromatic rings. The van der Waals surface area contributed by atoms with Gasteiger partial charge in [-0.15, -0.1) is 0 Å². The molecule has 5 atom stereocenters. The maximum atomic E-state index is 13.0. The van der Waals surface area contributed by atoms with E-state index in [-0.39, 0.29) is 19.3 Å². The number of hydrogen-bond donors (Lipinski definition) is 4. The number of aliphatic hydroxyl groups is 2. The highest BCUT2D eigenvalue weighted by molar-refractivity contribution is 7.47. The number of phosphoric acid groups is 2. The molecule has 0 radical (unpaired) electrons. The fraction of sp³-hybridized carbons (Fsp3) is 0.629. The first-order valence-corrected chi connectivity index (χ1v) is 44.1. The average Bonchev–Trinajstić information content (AvgIpc) is 0.903. The zero-order valence-electron chi connectivity index (χ0n) is 66.5. The lowest BCUT2D eigenvalue weighted by Crippen LogP contribution is -2.30. The van der Waals surface area contributed by atoms with Gasteiger partial charge in [0.25, 0.3) is 0 Å². The number of carbonyl (C=O) groups excluding carboxylic acids is 3. The predicted octanol–water partition coefficient (Wildman–Crippen LogP) is 24.5. The number of allylic oxidation sites excluding steroid dienone is 30. The van der Waals surface area contributed by atoms with Crippen molar-refractivity contribution in [2.24, 2.45) is 0 Å². The molecule has 4 N–H and O–H groups in total. The Labute approximate surface area is 649 Å². The van der Waals surface area contributed by atoms with Crippen LogP contribution in [0, 0.1) is 0 Å². The molecule has 5 unspecified atom stereocenters. The van der Waals surface area contributed by atoms with Crippen molar-refractivity contribution in [3.63, 3.8) is 0 Å². The Balaban J connectivity index is 4.67. The third-order valence-electron chi connectivity index (χ3n) is 16.6. The quantitative estimate of drug-likeness (QED) is 0.0146. The first kappa shape index (κ1) is 102. The van der Waals surface area contributed by atoms with Crippen molar-refractivity contribution in [2.75, 3.05) is 39.6 Å². The number of phosphoric ester groups is 2. The summed E-state index contributed by atoms with van der Waals surface area (Å²) in [6.45, 7) is 2.31. The number of unbranched alkanes of at least 4 members (excludes halogenated alkanes) is 23. The van der Waals surface area contributed by atoms with Gasteiger partial charge in [0, 0.05) is 19.3 Å². The standard InChI is InChI=1S/C89H146O16P2/c1-4-7-10-13-16-19-22-25-28-31-34-36-38-40-41-43-45-46-49-51-54-57-60-63-66-69-72-75-87(92)99-78-84(90)79-101-106(95,96)102-80-85(91)81-103-107(97,98)104-83-86(105-89(94)77-74-71-68-65-62-59-56-53-48-33-30-27-24-21-18-15-12-9-6-3)82-100-88(93)76-73-70-67-64-61-58-55-52-50-47-44-42-39-37-35-32-29-26-23-20-17-14-11-8-5-2/h7-12,16-21,25-30,34-37,40-42,44-46,48,53,84-86,90-91H,4-6,13-15,22-24,31-33,38-39,43,47,49-52,54-83H2,1-3H3,(H,95,96)(H,97,98)/b10-7-,11-8-,12-9-,19-16-,20-17-,21-18-,28-25-,29-26-,30-27-,36-34-,37-35-,41-40-,44-42-,46-45-,53-48-. The number of ether oxygens (including phenoxy) is 3. The summed E-state index contributed by atoms with van der Waals surface area (Å²) in [6.07, 6.45) is 103. The van der Waals surface area contributed by atoms with Crippen molar-refractivity contribution in [2.45, 2.75) is 322 Å². The lowest BCUT2D eigenvalue weighted by atomic mass is 10.1. The second-order valence-electron chi connectivity index (χ2n) is 26.8. The van der Waals surface area contributed by atoms with E-state index in [0.717, 1.165) is 199 Å². The van der Waals surface area contributed by atoms with Crippen LogP contribution in [0.5, 0.6) is 0 Å². The van der Waals surface area contributed by atoms with Crippen molar-refractivity contribution in [3.05, 3.63) is 182 Å². The molecular formula is C89H146O16P2. The third kappa shape index (κ3) is 81.5. The molecule has 0 saturated heterocycles. The average molecular weight is 1530 g/mol. The molecular weight excluding hydrogens is 1390 g/mol. The van der Waals surface area contributed by atoms with Crippen LogP contribution >= 0.6 is 15.6 Å². The van der Waals surface area contributed by atoms with Crippen LogP contribution in [0.1, 0.15) is 303 Å². The van der Waals surface area contributed by atoms with E-state index in [9.17, 15) is 43.5 Å². The smallest absolute Gasteiger partial charge is 0.463 e. The van der Waals surface area contributed by atoms with Crippen molar-refractivity contribution < 1.29 is 75.8 Å². The third-order valence-corrected chi connectivity index (χ3v) is 18.5. The molecule has 0 rings (SSSR count). The topological polar surface area (TPSA) is 231 Å². The molecule has 608 valence electrons. The van der Waals surface area contributed by atoms with Crippen molar-refractivity contribution in [1.82, 2.24) is 0 Å². The van der Waals surface area contributed by atoms with Gasteiger partial charge in [-0.3, -0.25) is 32.5 Å². The number of rotatable bonds is 76.